The SMILES string of the molecule is OCC1NCC2CNCC21. The molecular weight excluding hydrogens is 128 g/mol. The maximum absolute atomic E-state index is 8.92. The van der Waals surface area contributed by atoms with Crippen molar-refractivity contribution in [2.24, 2.45) is 11.8 Å². The smallest absolute Gasteiger partial charge is 0.0587 e. The Hall–Kier alpha value is -0.120. The third-order valence-electron chi connectivity index (χ3n) is 2.75. The molecule has 0 aliphatic carbocycles. The van der Waals surface area contributed by atoms with Crippen molar-refractivity contribution in [3.63, 3.8) is 0 Å². The summed E-state index contributed by atoms with van der Waals surface area (Å²) >= 11 is 0. The zero-order chi connectivity index (χ0) is 6.97. The monoisotopic (exact) mass is 142 g/mol. The van der Waals surface area contributed by atoms with E-state index in [0.717, 1.165) is 25.6 Å². The minimum absolute atomic E-state index is 0.294. The van der Waals surface area contributed by atoms with Gasteiger partial charge in [-0.1, -0.05) is 0 Å². The van der Waals surface area contributed by atoms with Crippen molar-refractivity contribution >= 4 is 0 Å². The normalized spacial score (nSPS) is 45.9. The van der Waals surface area contributed by atoms with Crippen LogP contribution in [0.5, 0.6) is 0 Å². The molecule has 2 aliphatic rings. The Kier molecular flexibility index (Phi) is 1.64. The molecule has 0 aromatic rings. The first kappa shape index (κ1) is 6.58. The molecule has 2 heterocycles. The van der Waals surface area contributed by atoms with E-state index in [4.69, 9.17) is 5.11 Å². The molecule has 0 spiro atoms. The van der Waals surface area contributed by atoms with Crippen LogP contribution in [0.1, 0.15) is 0 Å². The molecule has 10 heavy (non-hydrogen) atoms. The number of hydrogen-bond donors (Lipinski definition) is 3. The van der Waals surface area contributed by atoms with Gasteiger partial charge in [-0.05, 0) is 31.5 Å². The van der Waals surface area contributed by atoms with Crippen molar-refractivity contribution in [3.8, 4) is 0 Å². The van der Waals surface area contributed by atoms with Gasteiger partial charge in [-0.15, -0.1) is 0 Å². The summed E-state index contributed by atoms with van der Waals surface area (Å²) in [5, 5.41) is 15.6. The minimum Gasteiger partial charge on any atom is -0.395 e. The van der Waals surface area contributed by atoms with Crippen molar-refractivity contribution in [2.45, 2.75) is 6.04 Å². The highest BCUT2D eigenvalue weighted by Gasteiger charge is 2.38. The summed E-state index contributed by atoms with van der Waals surface area (Å²) in [5.74, 6) is 1.46. The highest BCUT2D eigenvalue weighted by Crippen LogP contribution is 2.24. The molecule has 2 rings (SSSR count). The number of aliphatic hydroxyl groups excluding tert-OH is 1. The molecule has 3 nitrogen and oxygen atoms in total. The van der Waals surface area contributed by atoms with Gasteiger partial charge in [-0.2, -0.15) is 0 Å². The largest absolute Gasteiger partial charge is 0.395 e. The molecule has 2 fully saturated rings. The Bertz CT molecular complexity index is 129. The summed E-state index contributed by atoms with van der Waals surface area (Å²) in [6, 6.07) is 0.361. The van der Waals surface area contributed by atoms with Crippen LogP contribution in [0.15, 0.2) is 0 Å². The number of fused-ring (bicyclic) bond motifs is 1. The van der Waals surface area contributed by atoms with Crippen LogP contribution < -0.4 is 10.6 Å². The molecule has 0 aromatic carbocycles. The van der Waals surface area contributed by atoms with E-state index in [-0.39, 0.29) is 0 Å². The van der Waals surface area contributed by atoms with Crippen LogP contribution >= 0.6 is 0 Å². The first-order valence-corrected chi connectivity index (χ1v) is 3.97. The maximum atomic E-state index is 8.92. The fourth-order valence-electron chi connectivity index (χ4n) is 2.10. The van der Waals surface area contributed by atoms with Crippen LogP contribution in [-0.2, 0) is 0 Å². The molecule has 58 valence electrons. The van der Waals surface area contributed by atoms with Crippen molar-refractivity contribution in [1.82, 2.24) is 10.6 Å². The van der Waals surface area contributed by atoms with E-state index < -0.39 is 0 Å². The maximum Gasteiger partial charge on any atom is 0.0587 e. The fraction of sp³-hybridized carbons (Fsp3) is 1.00. The number of rotatable bonds is 1. The van der Waals surface area contributed by atoms with Crippen LogP contribution in [0, 0.1) is 11.8 Å². The van der Waals surface area contributed by atoms with Gasteiger partial charge in [-0.3, -0.25) is 0 Å². The van der Waals surface area contributed by atoms with E-state index in [1.807, 2.05) is 0 Å². The standard InChI is InChI=1S/C7H14N2O/c10-4-7-6-3-8-1-5(6)2-9-7/h5-10H,1-4H2. The summed E-state index contributed by atoms with van der Waals surface area (Å²) in [6.07, 6.45) is 0. The topological polar surface area (TPSA) is 44.3 Å². The van der Waals surface area contributed by atoms with Crippen molar-refractivity contribution in [3.05, 3.63) is 0 Å². The summed E-state index contributed by atoms with van der Waals surface area (Å²) in [4.78, 5) is 0. The molecule has 3 heteroatoms. The molecule has 2 saturated heterocycles. The third kappa shape index (κ3) is 0.856. The van der Waals surface area contributed by atoms with Crippen LogP contribution in [0.4, 0.5) is 0 Å². The fourth-order valence-corrected chi connectivity index (χ4v) is 2.10. The lowest BCUT2D eigenvalue weighted by molar-refractivity contribution is 0.227. The number of hydrogen-bond acceptors (Lipinski definition) is 3. The second-order valence-corrected chi connectivity index (χ2v) is 3.28. The molecule has 0 saturated carbocycles. The van der Waals surface area contributed by atoms with Gasteiger partial charge in [0.15, 0.2) is 0 Å². The van der Waals surface area contributed by atoms with Crippen LogP contribution in [0.25, 0.3) is 0 Å². The van der Waals surface area contributed by atoms with Crippen molar-refractivity contribution in [1.29, 1.82) is 0 Å². The van der Waals surface area contributed by atoms with Gasteiger partial charge in [0.25, 0.3) is 0 Å². The minimum atomic E-state index is 0.294. The predicted octanol–water partition coefficient (Wildman–Crippen LogP) is -1.21. The molecule has 0 radical (unpaired) electrons. The Labute approximate surface area is 60.8 Å². The molecule has 2 aliphatic heterocycles. The molecule has 3 unspecified atom stereocenters. The van der Waals surface area contributed by atoms with E-state index in [2.05, 4.69) is 10.6 Å². The Morgan fingerprint density at radius 3 is 3.00 bits per heavy atom. The van der Waals surface area contributed by atoms with Gasteiger partial charge < -0.3 is 15.7 Å². The second-order valence-electron chi connectivity index (χ2n) is 3.28. The van der Waals surface area contributed by atoms with Gasteiger partial charge in [-0.25, -0.2) is 0 Å². The number of aliphatic hydroxyl groups is 1. The molecule has 0 bridgehead atoms. The highest BCUT2D eigenvalue weighted by molar-refractivity contribution is 4.95. The third-order valence-corrected chi connectivity index (χ3v) is 2.75. The zero-order valence-corrected chi connectivity index (χ0v) is 6.01. The quantitative estimate of drug-likeness (QED) is 0.430. The second kappa shape index (κ2) is 2.49. The van der Waals surface area contributed by atoms with Gasteiger partial charge in [0.05, 0.1) is 6.61 Å². The lowest BCUT2D eigenvalue weighted by Crippen LogP contribution is -2.33. The van der Waals surface area contributed by atoms with E-state index in [1.54, 1.807) is 0 Å². The van der Waals surface area contributed by atoms with Crippen LogP contribution in [-0.4, -0.2) is 37.4 Å². The van der Waals surface area contributed by atoms with E-state index in [1.165, 1.54) is 0 Å². The molecule has 0 amide bonds. The average molecular weight is 142 g/mol. The molecule has 3 N–H and O–H groups in total. The Morgan fingerprint density at radius 1 is 1.30 bits per heavy atom. The number of nitrogens with one attached hydrogen (secondary N) is 2. The molecule has 0 aromatic heterocycles. The van der Waals surface area contributed by atoms with Gasteiger partial charge >= 0.3 is 0 Å². The van der Waals surface area contributed by atoms with Gasteiger partial charge in [0, 0.05) is 6.04 Å². The van der Waals surface area contributed by atoms with Gasteiger partial charge in [0.1, 0.15) is 0 Å². The summed E-state index contributed by atoms with van der Waals surface area (Å²) in [7, 11) is 0. The average Bonchev–Trinajstić information content (AvgIpc) is 2.44. The molecular formula is C7H14N2O. The summed E-state index contributed by atoms with van der Waals surface area (Å²) in [5.41, 5.74) is 0. The van der Waals surface area contributed by atoms with Crippen LogP contribution in [0.3, 0.4) is 0 Å². The highest BCUT2D eigenvalue weighted by atomic mass is 16.3. The Balaban J connectivity index is 2.01. The lowest BCUT2D eigenvalue weighted by atomic mass is 9.95. The lowest BCUT2D eigenvalue weighted by Gasteiger charge is -2.13. The van der Waals surface area contributed by atoms with E-state index in [0.29, 0.717) is 18.6 Å². The van der Waals surface area contributed by atoms with E-state index in [9.17, 15) is 0 Å². The van der Waals surface area contributed by atoms with Crippen molar-refractivity contribution in [2.75, 3.05) is 26.2 Å². The van der Waals surface area contributed by atoms with Crippen molar-refractivity contribution < 1.29 is 5.11 Å². The van der Waals surface area contributed by atoms with E-state index >= 15 is 0 Å². The first-order chi connectivity index (χ1) is 4.92. The predicted molar refractivity (Wildman–Crippen MR) is 38.7 cm³/mol. The Morgan fingerprint density at radius 2 is 2.20 bits per heavy atom. The van der Waals surface area contributed by atoms with Gasteiger partial charge in [0.2, 0.25) is 0 Å². The zero-order valence-electron chi connectivity index (χ0n) is 6.01. The summed E-state index contributed by atoms with van der Waals surface area (Å²) in [6.45, 7) is 3.60. The first-order valence-electron chi connectivity index (χ1n) is 3.97. The molecule has 3 atom stereocenters. The summed E-state index contributed by atoms with van der Waals surface area (Å²) < 4.78 is 0. The van der Waals surface area contributed by atoms with Crippen LogP contribution in [0.2, 0.25) is 0 Å².